The summed E-state index contributed by atoms with van der Waals surface area (Å²) in [5.41, 5.74) is 9.63. The standard InChI is InChI=1S/C38H25N3/c1-2-12-26(13-3-1)28-17-10-18-30(24-28)36-37(33-21-11-16-27-14-4-6-19-31(27)33)40-41-35(34-22-8-9-23-39-34)25-29-15-5-7-20-32(29)38(36)41/h1-25H. The Labute approximate surface area is 238 Å². The first-order valence-electron chi connectivity index (χ1n) is 13.8. The molecule has 3 aromatic heterocycles. The molecule has 0 aliphatic heterocycles. The summed E-state index contributed by atoms with van der Waals surface area (Å²) in [6.07, 6.45) is 1.84. The lowest BCUT2D eigenvalue weighted by atomic mass is 9.93. The van der Waals surface area contributed by atoms with Gasteiger partial charge in [0.15, 0.2) is 0 Å². The zero-order valence-corrected chi connectivity index (χ0v) is 22.3. The maximum Gasteiger partial charge on any atom is 0.102 e. The molecule has 0 fully saturated rings. The Hall–Kier alpha value is -5.54. The van der Waals surface area contributed by atoms with Crippen LogP contribution >= 0.6 is 0 Å². The Morgan fingerprint density at radius 3 is 2.02 bits per heavy atom. The second-order valence-electron chi connectivity index (χ2n) is 10.3. The van der Waals surface area contributed by atoms with Crippen molar-refractivity contribution in [3.63, 3.8) is 0 Å². The van der Waals surface area contributed by atoms with Gasteiger partial charge in [-0.1, -0.05) is 121 Å². The van der Waals surface area contributed by atoms with Crippen molar-refractivity contribution < 1.29 is 0 Å². The van der Waals surface area contributed by atoms with Gasteiger partial charge in [-0.15, -0.1) is 0 Å². The second-order valence-corrected chi connectivity index (χ2v) is 10.3. The molecular weight excluding hydrogens is 498 g/mol. The molecule has 0 saturated heterocycles. The highest BCUT2D eigenvalue weighted by Gasteiger charge is 2.23. The number of aromatic nitrogens is 3. The highest BCUT2D eigenvalue weighted by atomic mass is 15.2. The van der Waals surface area contributed by atoms with E-state index in [1.165, 1.54) is 21.9 Å². The van der Waals surface area contributed by atoms with E-state index in [0.717, 1.165) is 50.1 Å². The minimum Gasteiger partial charge on any atom is -0.255 e. The van der Waals surface area contributed by atoms with Crippen molar-refractivity contribution in [2.45, 2.75) is 0 Å². The zero-order valence-electron chi connectivity index (χ0n) is 22.3. The van der Waals surface area contributed by atoms with Crippen molar-refractivity contribution in [3.05, 3.63) is 152 Å². The van der Waals surface area contributed by atoms with Gasteiger partial charge >= 0.3 is 0 Å². The molecule has 0 radical (unpaired) electrons. The van der Waals surface area contributed by atoms with Crippen LogP contribution in [0.3, 0.4) is 0 Å². The third-order valence-corrected chi connectivity index (χ3v) is 7.85. The molecule has 0 aliphatic carbocycles. The molecule has 0 aliphatic rings. The van der Waals surface area contributed by atoms with Crippen LogP contribution in [0.5, 0.6) is 0 Å². The van der Waals surface area contributed by atoms with Crippen molar-refractivity contribution >= 4 is 27.1 Å². The van der Waals surface area contributed by atoms with Gasteiger partial charge in [0.2, 0.25) is 0 Å². The molecule has 3 heteroatoms. The quantitative estimate of drug-likeness (QED) is 0.230. The smallest absolute Gasteiger partial charge is 0.102 e. The zero-order chi connectivity index (χ0) is 27.2. The number of fused-ring (bicyclic) bond motifs is 4. The summed E-state index contributed by atoms with van der Waals surface area (Å²) >= 11 is 0. The van der Waals surface area contributed by atoms with Crippen molar-refractivity contribution in [2.75, 3.05) is 0 Å². The fourth-order valence-electron chi connectivity index (χ4n) is 5.96. The highest BCUT2D eigenvalue weighted by molar-refractivity contribution is 6.11. The predicted molar refractivity (Wildman–Crippen MR) is 170 cm³/mol. The van der Waals surface area contributed by atoms with E-state index in [1.54, 1.807) is 0 Å². The van der Waals surface area contributed by atoms with Crippen LogP contribution in [0.1, 0.15) is 0 Å². The maximum absolute atomic E-state index is 5.41. The molecule has 41 heavy (non-hydrogen) atoms. The van der Waals surface area contributed by atoms with Crippen LogP contribution in [-0.4, -0.2) is 14.6 Å². The summed E-state index contributed by atoms with van der Waals surface area (Å²) in [4.78, 5) is 4.73. The maximum atomic E-state index is 5.41. The van der Waals surface area contributed by atoms with Crippen molar-refractivity contribution in [2.24, 2.45) is 0 Å². The molecule has 0 spiro atoms. The number of pyridine rings is 2. The lowest BCUT2D eigenvalue weighted by Gasteiger charge is -2.11. The summed E-state index contributed by atoms with van der Waals surface area (Å²) in [5.74, 6) is 0. The van der Waals surface area contributed by atoms with Gasteiger partial charge in [-0.3, -0.25) is 4.98 Å². The molecular formula is C38H25N3. The van der Waals surface area contributed by atoms with Gasteiger partial charge in [0.1, 0.15) is 5.69 Å². The molecule has 0 saturated carbocycles. The minimum absolute atomic E-state index is 0.889. The summed E-state index contributed by atoms with van der Waals surface area (Å²) in [6, 6.07) is 51.3. The number of rotatable bonds is 4. The van der Waals surface area contributed by atoms with E-state index < -0.39 is 0 Å². The highest BCUT2D eigenvalue weighted by Crippen LogP contribution is 2.43. The first kappa shape index (κ1) is 23.4. The van der Waals surface area contributed by atoms with E-state index in [9.17, 15) is 0 Å². The van der Waals surface area contributed by atoms with Gasteiger partial charge in [0, 0.05) is 22.7 Å². The van der Waals surface area contributed by atoms with Crippen LogP contribution in [-0.2, 0) is 0 Å². The fourth-order valence-corrected chi connectivity index (χ4v) is 5.96. The fraction of sp³-hybridized carbons (Fsp3) is 0. The van der Waals surface area contributed by atoms with E-state index in [2.05, 4.69) is 138 Å². The summed E-state index contributed by atoms with van der Waals surface area (Å²) in [6.45, 7) is 0. The second kappa shape index (κ2) is 9.58. The van der Waals surface area contributed by atoms with E-state index in [0.29, 0.717) is 0 Å². The summed E-state index contributed by atoms with van der Waals surface area (Å²) in [7, 11) is 0. The molecule has 5 aromatic carbocycles. The van der Waals surface area contributed by atoms with Crippen LogP contribution in [0.4, 0.5) is 0 Å². The van der Waals surface area contributed by atoms with Crippen LogP contribution in [0.2, 0.25) is 0 Å². The van der Waals surface area contributed by atoms with Crippen LogP contribution in [0.15, 0.2) is 152 Å². The van der Waals surface area contributed by atoms with Gasteiger partial charge < -0.3 is 0 Å². The molecule has 0 amide bonds. The van der Waals surface area contributed by atoms with Crippen molar-refractivity contribution in [1.29, 1.82) is 0 Å². The minimum atomic E-state index is 0.889. The topological polar surface area (TPSA) is 30.2 Å². The first-order valence-corrected chi connectivity index (χ1v) is 13.8. The molecule has 0 unspecified atom stereocenters. The summed E-state index contributed by atoms with van der Waals surface area (Å²) < 4.78 is 2.10. The lowest BCUT2D eigenvalue weighted by molar-refractivity contribution is 0.973. The molecule has 192 valence electrons. The Morgan fingerprint density at radius 1 is 0.488 bits per heavy atom. The molecule has 0 bridgehead atoms. The normalized spacial score (nSPS) is 11.4. The third-order valence-electron chi connectivity index (χ3n) is 7.85. The first-order chi connectivity index (χ1) is 20.3. The lowest BCUT2D eigenvalue weighted by Crippen LogP contribution is -1.97. The van der Waals surface area contributed by atoms with Crippen LogP contribution < -0.4 is 0 Å². The van der Waals surface area contributed by atoms with E-state index in [4.69, 9.17) is 10.1 Å². The van der Waals surface area contributed by atoms with Crippen LogP contribution in [0, 0.1) is 0 Å². The van der Waals surface area contributed by atoms with Gasteiger partial charge in [-0.25, -0.2) is 4.52 Å². The predicted octanol–water partition coefficient (Wildman–Crippen LogP) is 9.70. The van der Waals surface area contributed by atoms with Gasteiger partial charge in [0.25, 0.3) is 0 Å². The van der Waals surface area contributed by atoms with E-state index in [-0.39, 0.29) is 0 Å². The largest absolute Gasteiger partial charge is 0.255 e. The molecule has 0 N–H and O–H groups in total. The number of hydrogen-bond donors (Lipinski definition) is 0. The number of nitrogens with zero attached hydrogens (tertiary/aromatic N) is 3. The molecule has 8 rings (SSSR count). The van der Waals surface area contributed by atoms with E-state index >= 15 is 0 Å². The average Bonchev–Trinajstić information content (AvgIpc) is 3.46. The monoisotopic (exact) mass is 523 g/mol. The SMILES string of the molecule is c1ccc(-c2cccc(-c3c(-c4cccc5ccccc45)nn4c(-c5ccccn5)cc5ccccc5c34)c2)cc1. The number of benzene rings is 5. The van der Waals surface area contributed by atoms with Crippen molar-refractivity contribution in [1.82, 2.24) is 14.6 Å². The van der Waals surface area contributed by atoms with E-state index in [1.807, 2.05) is 18.3 Å². The average molecular weight is 524 g/mol. The third kappa shape index (κ3) is 3.90. The van der Waals surface area contributed by atoms with Gasteiger partial charge in [-0.05, 0) is 57.1 Å². The van der Waals surface area contributed by atoms with Gasteiger partial charge in [0.05, 0.1) is 16.9 Å². The molecule has 3 heterocycles. The Morgan fingerprint density at radius 2 is 1.17 bits per heavy atom. The summed E-state index contributed by atoms with van der Waals surface area (Å²) in [5, 5.41) is 10.1. The Bertz CT molecular complexity index is 2190. The van der Waals surface area contributed by atoms with Crippen LogP contribution in [0.25, 0.3) is 72.0 Å². The molecule has 0 atom stereocenters. The number of hydrogen-bond acceptors (Lipinski definition) is 2. The van der Waals surface area contributed by atoms with Crippen molar-refractivity contribution in [3.8, 4) is 44.9 Å². The molecule has 3 nitrogen and oxygen atoms in total. The Kier molecular flexibility index (Phi) is 5.46. The molecule has 8 aromatic rings. The van der Waals surface area contributed by atoms with Gasteiger partial charge in [-0.2, -0.15) is 5.10 Å². The Balaban J connectivity index is 1.54.